The van der Waals surface area contributed by atoms with Gasteiger partial charge in [-0.1, -0.05) is 36.4 Å². The highest BCUT2D eigenvalue weighted by Crippen LogP contribution is 2.20. The van der Waals surface area contributed by atoms with E-state index in [1.54, 1.807) is 0 Å². The van der Waals surface area contributed by atoms with Crippen molar-refractivity contribution in [1.29, 1.82) is 0 Å². The van der Waals surface area contributed by atoms with Crippen molar-refractivity contribution in [2.75, 3.05) is 0 Å². The van der Waals surface area contributed by atoms with E-state index in [0.29, 0.717) is 12.0 Å². The van der Waals surface area contributed by atoms with Gasteiger partial charge >= 0.3 is 0 Å². The standard InChI is InChI=1S/C14H12F2O/c15-12-7-6-11(9-13(12)16)14(17)8-10-4-2-1-3-5-10/h1-7,9,14,17H,8H2. The average Bonchev–Trinajstić information content (AvgIpc) is 2.34. The predicted octanol–water partition coefficient (Wildman–Crippen LogP) is 3.24. The molecule has 0 saturated heterocycles. The smallest absolute Gasteiger partial charge is 0.159 e. The highest BCUT2D eigenvalue weighted by molar-refractivity contribution is 5.23. The molecule has 0 spiro atoms. The van der Waals surface area contributed by atoms with Gasteiger partial charge in [-0.3, -0.25) is 0 Å². The van der Waals surface area contributed by atoms with Crippen molar-refractivity contribution < 1.29 is 13.9 Å². The van der Waals surface area contributed by atoms with Gasteiger partial charge in [0.2, 0.25) is 0 Å². The Bertz CT molecular complexity index is 497. The molecule has 3 heteroatoms. The van der Waals surface area contributed by atoms with Crippen LogP contribution in [0.2, 0.25) is 0 Å². The molecule has 1 atom stereocenters. The van der Waals surface area contributed by atoms with Crippen LogP contribution in [-0.2, 0) is 6.42 Å². The largest absolute Gasteiger partial charge is 0.388 e. The van der Waals surface area contributed by atoms with Gasteiger partial charge in [0, 0.05) is 6.42 Å². The monoisotopic (exact) mass is 234 g/mol. The molecule has 0 radical (unpaired) electrons. The first-order chi connectivity index (χ1) is 8.16. The van der Waals surface area contributed by atoms with Crippen molar-refractivity contribution >= 4 is 0 Å². The topological polar surface area (TPSA) is 20.2 Å². The Kier molecular flexibility index (Phi) is 3.49. The van der Waals surface area contributed by atoms with E-state index < -0.39 is 17.7 Å². The molecule has 1 unspecified atom stereocenters. The fraction of sp³-hybridized carbons (Fsp3) is 0.143. The molecular weight excluding hydrogens is 222 g/mol. The van der Waals surface area contributed by atoms with E-state index in [4.69, 9.17) is 0 Å². The Labute approximate surface area is 98.3 Å². The molecule has 2 aromatic rings. The summed E-state index contributed by atoms with van der Waals surface area (Å²) in [6, 6.07) is 12.8. The number of rotatable bonds is 3. The quantitative estimate of drug-likeness (QED) is 0.864. The average molecular weight is 234 g/mol. The van der Waals surface area contributed by atoms with Crippen molar-refractivity contribution in [2.24, 2.45) is 0 Å². The van der Waals surface area contributed by atoms with Crippen LogP contribution in [0.25, 0.3) is 0 Å². The molecule has 1 nitrogen and oxygen atoms in total. The van der Waals surface area contributed by atoms with E-state index in [1.807, 2.05) is 30.3 Å². The van der Waals surface area contributed by atoms with Crippen molar-refractivity contribution in [3.63, 3.8) is 0 Å². The van der Waals surface area contributed by atoms with Gasteiger partial charge in [-0.2, -0.15) is 0 Å². The summed E-state index contributed by atoms with van der Waals surface area (Å²) in [7, 11) is 0. The molecule has 0 fully saturated rings. The summed E-state index contributed by atoms with van der Waals surface area (Å²) >= 11 is 0. The van der Waals surface area contributed by atoms with E-state index in [2.05, 4.69) is 0 Å². The number of hydrogen-bond acceptors (Lipinski definition) is 1. The molecule has 2 aromatic carbocycles. The molecule has 0 bridgehead atoms. The fourth-order valence-corrected chi connectivity index (χ4v) is 1.67. The molecule has 0 heterocycles. The molecule has 17 heavy (non-hydrogen) atoms. The second kappa shape index (κ2) is 5.06. The van der Waals surface area contributed by atoms with Crippen LogP contribution in [0, 0.1) is 11.6 Å². The van der Waals surface area contributed by atoms with Crippen LogP contribution in [0.5, 0.6) is 0 Å². The highest BCUT2D eigenvalue weighted by atomic mass is 19.2. The van der Waals surface area contributed by atoms with Crippen molar-refractivity contribution in [3.8, 4) is 0 Å². The van der Waals surface area contributed by atoms with Gasteiger partial charge in [0.25, 0.3) is 0 Å². The van der Waals surface area contributed by atoms with Gasteiger partial charge in [-0.05, 0) is 23.3 Å². The van der Waals surface area contributed by atoms with Crippen LogP contribution in [0.15, 0.2) is 48.5 Å². The van der Waals surface area contributed by atoms with E-state index >= 15 is 0 Å². The van der Waals surface area contributed by atoms with Gasteiger partial charge in [0.05, 0.1) is 6.10 Å². The predicted molar refractivity (Wildman–Crippen MR) is 61.5 cm³/mol. The van der Waals surface area contributed by atoms with E-state index in [0.717, 1.165) is 17.7 Å². The summed E-state index contributed by atoms with van der Waals surface area (Å²) in [6.07, 6.45) is -0.446. The van der Waals surface area contributed by atoms with Crippen LogP contribution >= 0.6 is 0 Å². The second-order valence-electron chi connectivity index (χ2n) is 3.88. The first-order valence-electron chi connectivity index (χ1n) is 5.34. The number of halogens is 2. The van der Waals surface area contributed by atoms with Crippen molar-refractivity contribution in [3.05, 3.63) is 71.3 Å². The lowest BCUT2D eigenvalue weighted by Crippen LogP contribution is -2.02. The summed E-state index contributed by atoms with van der Waals surface area (Å²) in [6.45, 7) is 0. The van der Waals surface area contributed by atoms with Gasteiger partial charge in [-0.15, -0.1) is 0 Å². The van der Waals surface area contributed by atoms with E-state index in [1.165, 1.54) is 6.07 Å². The number of benzene rings is 2. The van der Waals surface area contributed by atoms with Crippen molar-refractivity contribution in [2.45, 2.75) is 12.5 Å². The lowest BCUT2D eigenvalue weighted by atomic mass is 10.0. The maximum Gasteiger partial charge on any atom is 0.159 e. The summed E-state index contributed by atoms with van der Waals surface area (Å²) in [5.41, 5.74) is 1.33. The minimum Gasteiger partial charge on any atom is -0.388 e. The molecule has 0 saturated carbocycles. The number of hydrogen-bond donors (Lipinski definition) is 1. The third-order valence-corrected chi connectivity index (χ3v) is 2.60. The van der Waals surface area contributed by atoms with E-state index in [9.17, 15) is 13.9 Å². The van der Waals surface area contributed by atoms with Gasteiger partial charge in [0.15, 0.2) is 11.6 Å². The molecule has 0 aliphatic heterocycles. The summed E-state index contributed by atoms with van der Waals surface area (Å²) in [5, 5.41) is 9.90. The van der Waals surface area contributed by atoms with Gasteiger partial charge in [0.1, 0.15) is 0 Å². The number of aliphatic hydroxyl groups is 1. The van der Waals surface area contributed by atoms with Crippen molar-refractivity contribution in [1.82, 2.24) is 0 Å². The van der Waals surface area contributed by atoms with Crippen LogP contribution in [0.1, 0.15) is 17.2 Å². The zero-order valence-electron chi connectivity index (χ0n) is 9.11. The summed E-state index contributed by atoms with van der Waals surface area (Å²) in [5.74, 6) is -1.84. The maximum atomic E-state index is 13.0. The fourth-order valence-electron chi connectivity index (χ4n) is 1.67. The molecule has 1 N–H and O–H groups in total. The summed E-state index contributed by atoms with van der Waals surface area (Å²) < 4.78 is 25.7. The highest BCUT2D eigenvalue weighted by Gasteiger charge is 2.11. The number of aliphatic hydroxyl groups excluding tert-OH is 1. The molecule has 0 amide bonds. The molecule has 0 aromatic heterocycles. The Morgan fingerprint density at radius 1 is 0.941 bits per heavy atom. The first-order valence-corrected chi connectivity index (χ1v) is 5.34. The van der Waals surface area contributed by atoms with Crippen LogP contribution in [0.4, 0.5) is 8.78 Å². The third kappa shape index (κ3) is 2.88. The Morgan fingerprint density at radius 2 is 1.65 bits per heavy atom. The molecule has 0 aliphatic carbocycles. The molecule has 0 aliphatic rings. The zero-order chi connectivity index (χ0) is 12.3. The molecule has 2 rings (SSSR count). The molecular formula is C14H12F2O. The maximum absolute atomic E-state index is 13.0. The normalized spacial score (nSPS) is 12.4. The SMILES string of the molecule is OC(Cc1ccccc1)c1ccc(F)c(F)c1. The van der Waals surface area contributed by atoms with Crippen LogP contribution in [-0.4, -0.2) is 5.11 Å². The van der Waals surface area contributed by atoms with Crippen LogP contribution in [0.3, 0.4) is 0 Å². The van der Waals surface area contributed by atoms with E-state index in [-0.39, 0.29) is 0 Å². The Balaban J connectivity index is 2.14. The minimum absolute atomic E-state index is 0.381. The van der Waals surface area contributed by atoms with Gasteiger partial charge in [-0.25, -0.2) is 8.78 Å². The minimum atomic E-state index is -0.936. The summed E-state index contributed by atoms with van der Waals surface area (Å²) in [4.78, 5) is 0. The lowest BCUT2D eigenvalue weighted by Gasteiger charge is -2.11. The van der Waals surface area contributed by atoms with Crippen LogP contribution < -0.4 is 0 Å². The second-order valence-corrected chi connectivity index (χ2v) is 3.88. The molecule has 88 valence electrons. The Morgan fingerprint density at radius 3 is 2.29 bits per heavy atom. The first kappa shape index (κ1) is 11.7. The Hall–Kier alpha value is -1.74. The van der Waals surface area contributed by atoms with Gasteiger partial charge < -0.3 is 5.11 Å². The zero-order valence-corrected chi connectivity index (χ0v) is 9.11. The lowest BCUT2D eigenvalue weighted by molar-refractivity contribution is 0.178. The third-order valence-electron chi connectivity index (χ3n) is 2.60.